The Kier molecular flexibility index (Phi) is 6.63. The molecule has 0 bridgehead atoms. The Morgan fingerprint density at radius 1 is 1.57 bits per heavy atom. The van der Waals surface area contributed by atoms with Crippen LogP contribution in [0.3, 0.4) is 0 Å². The molecule has 1 aromatic rings. The van der Waals surface area contributed by atoms with Crippen LogP contribution in [-0.4, -0.2) is 54.8 Å². The molecule has 0 spiro atoms. The molecule has 1 atom stereocenters. The fourth-order valence-electron chi connectivity index (χ4n) is 2.49. The quantitative estimate of drug-likeness (QED) is 0.745. The number of nitrogens with one attached hydrogen (secondary N) is 2. The number of nitrogens with zero attached hydrogens (tertiary/aromatic N) is 3. The number of amides is 2. The van der Waals surface area contributed by atoms with E-state index in [9.17, 15) is 4.79 Å². The molecule has 1 saturated heterocycles. The Labute approximate surface area is 136 Å². The van der Waals surface area contributed by atoms with E-state index in [0.717, 1.165) is 19.4 Å². The van der Waals surface area contributed by atoms with Crippen molar-refractivity contribution in [3.8, 4) is 6.07 Å². The van der Waals surface area contributed by atoms with Gasteiger partial charge in [0.05, 0.1) is 11.7 Å². The normalized spacial score (nSPS) is 16.6. The average Bonchev–Trinajstić information content (AvgIpc) is 3.09. The van der Waals surface area contributed by atoms with Crippen molar-refractivity contribution in [3.05, 3.63) is 23.9 Å². The molecule has 2 heterocycles. The van der Waals surface area contributed by atoms with Crippen molar-refractivity contribution in [2.45, 2.75) is 25.9 Å². The lowest BCUT2D eigenvalue weighted by atomic mass is 10.2. The number of aromatic nitrogens is 1. The monoisotopic (exact) mass is 317 g/mol. The third-order valence-corrected chi connectivity index (χ3v) is 3.74. The number of carbonyl (C=O) groups excluding carboxylic acids is 1. The van der Waals surface area contributed by atoms with Gasteiger partial charge in [-0.3, -0.25) is 0 Å². The molecular formula is C16H23N5O2. The van der Waals surface area contributed by atoms with Crippen LogP contribution in [0.5, 0.6) is 0 Å². The van der Waals surface area contributed by atoms with E-state index in [2.05, 4.69) is 21.7 Å². The number of carbonyl (C=O) groups is 1. The van der Waals surface area contributed by atoms with Gasteiger partial charge in [0, 0.05) is 39.0 Å². The standard InChI is InChI=1S/C16H23N5O2/c1-2-21(12-14-6-4-10-23-14)16(22)20-9-8-19-15-13(11-17)5-3-7-18-15/h3,5,7,14H,2,4,6,8-10,12H2,1H3,(H,18,19)(H,20,22). The molecule has 1 aliphatic rings. The first-order valence-corrected chi connectivity index (χ1v) is 7.98. The molecule has 7 heteroatoms. The lowest BCUT2D eigenvalue weighted by Crippen LogP contribution is -2.44. The number of urea groups is 1. The second-order valence-corrected chi connectivity index (χ2v) is 5.34. The number of rotatable bonds is 7. The van der Waals surface area contributed by atoms with Crippen molar-refractivity contribution in [2.75, 3.05) is 38.1 Å². The third-order valence-electron chi connectivity index (χ3n) is 3.74. The summed E-state index contributed by atoms with van der Waals surface area (Å²) in [5.41, 5.74) is 0.493. The maximum Gasteiger partial charge on any atom is 0.317 e. The summed E-state index contributed by atoms with van der Waals surface area (Å²) in [6.45, 7) is 5.00. The summed E-state index contributed by atoms with van der Waals surface area (Å²) in [4.78, 5) is 18.0. The van der Waals surface area contributed by atoms with Crippen LogP contribution < -0.4 is 10.6 Å². The molecule has 1 aromatic heterocycles. The van der Waals surface area contributed by atoms with Gasteiger partial charge in [-0.25, -0.2) is 9.78 Å². The van der Waals surface area contributed by atoms with Gasteiger partial charge in [-0.1, -0.05) is 0 Å². The number of pyridine rings is 1. The highest BCUT2D eigenvalue weighted by Crippen LogP contribution is 2.13. The van der Waals surface area contributed by atoms with Crippen molar-refractivity contribution >= 4 is 11.8 Å². The zero-order valence-electron chi connectivity index (χ0n) is 13.4. The van der Waals surface area contributed by atoms with E-state index in [-0.39, 0.29) is 12.1 Å². The number of likely N-dealkylation sites (N-methyl/N-ethyl adjacent to an activating group) is 1. The number of ether oxygens (including phenoxy) is 1. The predicted molar refractivity (Wildman–Crippen MR) is 87.1 cm³/mol. The summed E-state index contributed by atoms with van der Waals surface area (Å²) in [5, 5.41) is 14.9. The highest BCUT2D eigenvalue weighted by Gasteiger charge is 2.21. The Balaban J connectivity index is 1.72. The summed E-state index contributed by atoms with van der Waals surface area (Å²) in [7, 11) is 0. The highest BCUT2D eigenvalue weighted by molar-refractivity contribution is 5.74. The zero-order chi connectivity index (χ0) is 16.5. The molecular weight excluding hydrogens is 294 g/mol. The summed E-state index contributed by atoms with van der Waals surface area (Å²) in [5.74, 6) is 0.538. The second-order valence-electron chi connectivity index (χ2n) is 5.34. The lowest BCUT2D eigenvalue weighted by molar-refractivity contribution is 0.0827. The summed E-state index contributed by atoms with van der Waals surface area (Å²) >= 11 is 0. The summed E-state index contributed by atoms with van der Waals surface area (Å²) in [6, 6.07) is 5.41. The maximum absolute atomic E-state index is 12.2. The molecule has 1 unspecified atom stereocenters. The third kappa shape index (κ3) is 5.11. The number of hydrogen-bond acceptors (Lipinski definition) is 5. The minimum atomic E-state index is -0.0914. The van der Waals surface area contributed by atoms with Crippen LogP contribution in [0.25, 0.3) is 0 Å². The lowest BCUT2D eigenvalue weighted by Gasteiger charge is -2.24. The molecule has 2 rings (SSSR count). The van der Waals surface area contributed by atoms with Crippen molar-refractivity contribution in [1.82, 2.24) is 15.2 Å². The van der Waals surface area contributed by atoms with E-state index in [1.807, 2.05) is 6.92 Å². The van der Waals surface area contributed by atoms with Crippen molar-refractivity contribution in [1.29, 1.82) is 5.26 Å². The largest absolute Gasteiger partial charge is 0.376 e. The molecule has 2 N–H and O–H groups in total. The van der Waals surface area contributed by atoms with Crippen molar-refractivity contribution < 1.29 is 9.53 Å². The first-order chi connectivity index (χ1) is 11.2. The van der Waals surface area contributed by atoms with Gasteiger partial charge in [0.15, 0.2) is 0 Å². The SMILES string of the molecule is CCN(CC1CCCO1)C(=O)NCCNc1ncccc1C#N. The number of hydrogen-bond donors (Lipinski definition) is 2. The van der Waals surface area contributed by atoms with Gasteiger partial charge in [-0.2, -0.15) is 5.26 Å². The minimum absolute atomic E-state index is 0.0914. The van der Waals surface area contributed by atoms with E-state index in [1.54, 1.807) is 23.2 Å². The van der Waals surface area contributed by atoms with Gasteiger partial charge >= 0.3 is 6.03 Å². The molecule has 124 valence electrons. The molecule has 0 radical (unpaired) electrons. The van der Waals surface area contributed by atoms with Gasteiger partial charge in [0.1, 0.15) is 11.9 Å². The Morgan fingerprint density at radius 2 is 2.43 bits per heavy atom. The first-order valence-electron chi connectivity index (χ1n) is 7.98. The van der Waals surface area contributed by atoms with Crippen LogP contribution in [0, 0.1) is 11.3 Å². The van der Waals surface area contributed by atoms with Gasteiger partial charge in [-0.15, -0.1) is 0 Å². The minimum Gasteiger partial charge on any atom is -0.376 e. The van der Waals surface area contributed by atoms with Crippen LogP contribution in [0.15, 0.2) is 18.3 Å². The van der Waals surface area contributed by atoms with Crippen LogP contribution in [0.2, 0.25) is 0 Å². The zero-order valence-corrected chi connectivity index (χ0v) is 13.4. The maximum atomic E-state index is 12.2. The van der Waals surface area contributed by atoms with E-state index >= 15 is 0 Å². The molecule has 2 amide bonds. The number of nitriles is 1. The van der Waals surface area contributed by atoms with E-state index in [1.165, 1.54) is 0 Å². The summed E-state index contributed by atoms with van der Waals surface area (Å²) < 4.78 is 5.57. The van der Waals surface area contributed by atoms with E-state index in [4.69, 9.17) is 10.00 Å². The molecule has 23 heavy (non-hydrogen) atoms. The van der Waals surface area contributed by atoms with Crippen LogP contribution >= 0.6 is 0 Å². The Morgan fingerprint density at radius 3 is 3.13 bits per heavy atom. The van der Waals surface area contributed by atoms with Gasteiger partial charge in [0.2, 0.25) is 0 Å². The average molecular weight is 317 g/mol. The molecule has 0 aliphatic carbocycles. The molecule has 1 aliphatic heterocycles. The highest BCUT2D eigenvalue weighted by atomic mass is 16.5. The summed E-state index contributed by atoms with van der Waals surface area (Å²) in [6.07, 6.45) is 3.87. The number of anilines is 1. The second kappa shape index (κ2) is 8.96. The first kappa shape index (κ1) is 17.0. The van der Waals surface area contributed by atoms with Gasteiger partial charge in [0.25, 0.3) is 0 Å². The smallest absolute Gasteiger partial charge is 0.317 e. The Bertz CT molecular complexity index is 552. The van der Waals surface area contributed by atoms with Crippen LogP contribution in [0.4, 0.5) is 10.6 Å². The molecule has 1 fully saturated rings. The van der Waals surface area contributed by atoms with Crippen LogP contribution in [-0.2, 0) is 4.74 Å². The fourth-order valence-corrected chi connectivity index (χ4v) is 2.49. The predicted octanol–water partition coefficient (Wildman–Crippen LogP) is 1.58. The fraction of sp³-hybridized carbons (Fsp3) is 0.562. The van der Waals surface area contributed by atoms with Gasteiger partial charge in [-0.05, 0) is 31.9 Å². The molecule has 0 aromatic carbocycles. The Hall–Kier alpha value is -2.33. The molecule has 7 nitrogen and oxygen atoms in total. The van der Waals surface area contributed by atoms with Crippen molar-refractivity contribution in [3.63, 3.8) is 0 Å². The van der Waals surface area contributed by atoms with E-state index in [0.29, 0.717) is 37.6 Å². The van der Waals surface area contributed by atoms with E-state index < -0.39 is 0 Å². The van der Waals surface area contributed by atoms with Crippen LogP contribution in [0.1, 0.15) is 25.3 Å². The van der Waals surface area contributed by atoms with Crippen molar-refractivity contribution in [2.24, 2.45) is 0 Å². The van der Waals surface area contributed by atoms with Gasteiger partial charge < -0.3 is 20.3 Å². The molecule has 0 saturated carbocycles. The topological polar surface area (TPSA) is 90.3 Å².